The fourth-order valence-corrected chi connectivity index (χ4v) is 2.82. The first-order valence-corrected chi connectivity index (χ1v) is 8.26. The van der Waals surface area contributed by atoms with E-state index in [1.807, 2.05) is 6.07 Å². The average molecular weight is 300 g/mol. The normalized spacial score (nSPS) is 11.1. The number of aryl methyl sites for hydroxylation is 2. The third-order valence-corrected chi connectivity index (χ3v) is 4.15. The van der Waals surface area contributed by atoms with Crippen molar-refractivity contribution < 1.29 is 4.74 Å². The maximum absolute atomic E-state index is 6.06. The van der Waals surface area contributed by atoms with Gasteiger partial charge < -0.3 is 14.2 Å². The molecular weight excluding hydrogens is 272 g/mol. The Balaban J connectivity index is 2.04. The molecule has 0 aliphatic heterocycles. The van der Waals surface area contributed by atoms with E-state index in [0.29, 0.717) is 0 Å². The van der Waals surface area contributed by atoms with E-state index in [4.69, 9.17) is 4.74 Å². The molecule has 2 rings (SSSR count). The molecule has 0 saturated carbocycles. The lowest BCUT2D eigenvalue weighted by molar-refractivity contribution is 0.249. The van der Waals surface area contributed by atoms with Crippen LogP contribution >= 0.6 is 0 Å². The van der Waals surface area contributed by atoms with Gasteiger partial charge in [0.05, 0.1) is 12.3 Å². The molecule has 2 aromatic rings. The Morgan fingerprint density at radius 2 is 1.59 bits per heavy atom. The van der Waals surface area contributed by atoms with Gasteiger partial charge in [0, 0.05) is 17.9 Å². The SMILES string of the molecule is CCN(CC)CCCOc1ccccc1-n1c(C)ccc1C. The summed E-state index contributed by atoms with van der Waals surface area (Å²) in [6.45, 7) is 12.7. The van der Waals surface area contributed by atoms with Gasteiger partial charge in [-0.2, -0.15) is 0 Å². The molecule has 1 heterocycles. The van der Waals surface area contributed by atoms with E-state index in [1.165, 1.54) is 11.4 Å². The van der Waals surface area contributed by atoms with Gasteiger partial charge in [-0.15, -0.1) is 0 Å². The first-order chi connectivity index (χ1) is 10.7. The van der Waals surface area contributed by atoms with E-state index in [-0.39, 0.29) is 0 Å². The van der Waals surface area contributed by atoms with Crippen molar-refractivity contribution >= 4 is 0 Å². The number of hydrogen-bond acceptors (Lipinski definition) is 2. The maximum atomic E-state index is 6.06. The Morgan fingerprint density at radius 3 is 2.23 bits per heavy atom. The average Bonchev–Trinajstić information content (AvgIpc) is 2.87. The van der Waals surface area contributed by atoms with Crippen molar-refractivity contribution in [1.82, 2.24) is 9.47 Å². The largest absolute Gasteiger partial charge is 0.491 e. The first-order valence-electron chi connectivity index (χ1n) is 8.26. The van der Waals surface area contributed by atoms with E-state index in [0.717, 1.165) is 44.1 Å². The minimum atomic E-state index is 0.757. The summed E-state index contributed by atoms with van der Waals surface area (Å²) in [6, 6.07) is 12.6. The molecule has 0 amide bonds. The predicted molar refractivity (Wildman–Crippen MR) is 93.1 cm³/mol. The first kappa shape index (κ1) is 16.6. The van der Waals surface area contributed by atoms with Gasteiger partial charge in [0.25, 0.3) is 0 Å². The summed E-state index contributed by atoms with van der Waals surface area (Å²) in [7, 11) is 0. The molecule has 22 heavy (non-hydrogen) atoms. The Kier molecular flexibility index (Phi) is 6.08. The number of ether oxygens (including phenoxy) is 1. The summed E-state index contributed by atoms with van der Waals surface area (Å²) in [5, 5.41) is 0. The van der Waals surface area contributed by atoms with Gasteiger partial charge in [0.15, 0.2) is 0 Å². The van der Waals surface area contributed by atoms with Crippen molar-refractivity contribution in [2.45, 2.75) is 34.1 Å². The lowest BCUT2D eigenvalue weighted by Crippen LogP contribution is -2.25. The molecule has 1 aromatic heterocycles. The molecule has 0 aliphatic rings. The van der Waals surface area contributed by atoms with Crippen LogP contribution in [0.25, 0.3) is 5.69 Å². The minimum absolute atomic E-state index is 0.757. The standard InChI is InChI=1S/C19H28N2O/c1-5-20(6-2)14-9-15-22-19-11-8-7-10-18(19)21-16(3)12-13-17(21)4/h7-8,10-13H,5-6,9,14-15H2,1-4H3. The topological polar surface area (TPSA) is 17.4 Å². The Bertz CT molecular complexity index is 565. The van der Waals surface area contributed by atoms with E-state index in [2.05, 4.69) is 67.5 Å². The molecule has 0 radical (unpaired) electrons. The number of para-hydroxylation sites is 2. The highest BCUT2D eigenvalue weighted by molar-refractivity contribution is 5.49. The molecule has 0 N–H and O–H groups in total. The molecule has 120 valence electrons. The van der Waals surface area contributed by atoms with Crippen molar-refractivity contribution in [3.05, 3.63) is 47.8 Å². The molecule has 0 saturated heterocycles. The molecule has 0 spiro atoms. The zero-order valence-electron chi connectivity index (χ0n) is 14.3. The van der Waals surface area contributed by atoms with E-state index < -0.39 is 0 Å². The number of nitrogens with zero attached hydrogens (tertiary/aromatic N) is 2. The molecule has 3 nitrogen and oxygen atoms in total. The van der Waals surface area contributed by atoms with Crippen LogP contribution in [0.1, 0.15) is 31.7 Å². The summed E-state index contributed by atoms with van der Waals surface area (Å²) in [5.41, 5.74) is 3.60. The molecule has 1 aromatic carbocycles. The Labute approximate surface area is 134 Å². The van der Waals surface area contributed by atoms with Gasteiger partial charge in [-0.3, -0.25) is 0 Å². The summed E-state index contributed by atoms with van der Waals surface area (Å²) in [6.07, 6.45) is 1.06. The fourth-order valence-electron chi connectivity index (χ4n) is 2.82. The number of benzene rings is 1. The van der Waals surface area contributed by atoms with Gasteiger partial charge in [-0.1, -0.05) is 26.0 Å². The quantitative estimate of drug-likeness (QED) is 0.680. The lowest BCUT2D eigenvalue weighted by Gasteiger charge is -2.19. The third kappa shape index (κ3) is 3.92. The molecule has 3 heteroatoms. The summed E-state index contributed by atoms with van der Waals surface area (Å²) in [5.74, 6) is 0.962. The molecule has 0 bridgehead atoms. The van der Waals surface area contributed by atoms with Gasteiger partial charge >= 0.3 is 0 Å². The van der Waals surface area contributed by atoms with Crippen LogP contribution in [0, 0.1) is 13.8 Å². The number of aromatic nitrogens is 1. The van der Waals surface area contributed by atoms with Crippen molar-refractivity contribution in [3.63, 3.8) is 0 Å². The number of rotatable bonds is 8. The Hall–Kier alpha value is -1.74. The monoisotopic (exact) mass is 300 g/mol. The van der Waals surface area contributed by atoms with Crippen LogP contribution in [0.2, 0.25) is 0 Å². The predicted octanol–water partition coefficient (Wildman–Crippen LogP) is 4.20. The summed E-state index contributed by atoms with van der Waals surface area (Å²) >= 11 is 0. The van der Waals surface area contributed by atoms with Crippen LogP contribution in [-0.2, 0) is 0 Å². The second kappa shape index (κ2) is 8.04. The van der Waals surface area contributed by atoms with Crippen molar-refractivity contribution in [3.8, 4) is 11.4 Å². The summed E-state index contributed by atoms with van der Waals surface area (Å²) in [4.78, 5) is 2.43. The van der Waals surface area contributed by atoms with Crippen LogP contribution in [0.4, 0.5) is 0 Å². The molecule has 0 unspecified atom stereocenters. The third-order valence-electron chi connectivity index (χ3n) is 4.15. The van der Waals surface area contributed by atoms with E-state index >= 15 is 0 Å². The van der Waals surface area contributed by atoms with E-state index in [9.17, 15) is 0 Å². The molecule has 0 aliphatic carbocycles. The highest BCUT2D eigenvalue weighted by Gasteiger charge is 2.09. The van der Waals surface area contributed by atoms with Crippen LogP contribution in [0.5, 0.6) is 5.75 Å². The lowest BCUT2D eigenvalue weighted by atomic mass is 10.2. The van der Waals surface area contributed by atoms with E-state index in [1.54, 1.807) is 0 Å². The second-order valence-corrected chi connectivity index (χ2v) is 5.65. The minimum Gasteiger partial charge on any atom is -0.491 e. The van der Waals surface area contributed by atoms with Gasteiger partial charge in [-0.05, 0) is 57.6 Å². The van der Waals surface area contributed by atoms with Crippen LogP contribution in [-0.4, -0.2) is 35.7 Å². The van der Waals surface area contributed by atoms with Crippen LogP contribution < -0.4 is 4.74 Å². The fraction of sp³-hybridized carbons (Fsp3) is 0.474. The van der Waals surface area contributed by atoms with Gasteiger partial charge in [-0.25, -0.2) is 0 Å². The van der Waals surface area contributed by atoms with Crippen molar-refractivity contribution in [1.29, 1.82) is 0 Å². The van der Waals surface area contributed by atoms with Crippen LogP contribution in [0.15, 0.2) is 36.4 Å². The number of hydrogen-bond donors (Lipinski definition) is 0. The van der Waals surface area contributed by atoms with Gasteiger partial charge in [0.2, 0.25) is 0 Å². The zero-order valence-corrected chi connectivity index (χ0v) is 14.3. The highest BCUT2D eigenvalue weighted by atomic mass is 16.5. The van der Waals surface area contributed by atoms with Crippen molar-refractivity contribution in [2.24, 2.45) is 0 Å². The Morgan fingerprint density at radius 1 is 0.955 bits per heavy atom. The zero-order chi connectivity index (χ0) is 15.9. The maximum Gasteiger partial charge on any atom is 0.143 e. The van der Waals surface area contributed by atoms with Gasteiger partial charge in [0.1, 0.15) is 5.75 Å². The second-order valence-electron chi connectivity index (χ2n) is 5.65. The van der Waals surface area contributed by atoms with Crippen molar-refractivity contribution in [2.75, 3.05) is 26.2 Å². The van der Waals surface area contributed by atoms with Crippen LogP contribution in [0.3, 0.4) is 0 Å². The summed E-state index contributed by atoms with van der Waals surface area (Å²) < 4.78 is 8.31. The highest BCUT2D eigenvalue weighted by Crippen LogP contribution is 2.26. The molecule has 0 atom stereocenters. The molecule has 0 fully saturated rings. The molecular formula is C19H28N2O. The smallest absolute Gasteiger partial charge is 0.143 e.